The Morgan fingerprint density at radius 3 is 1.31 bits per heavy atom. The van der Waals surface area contributed by atoms with Gasteiger partial charge in [-0.15, -0.1) is 11.3 Å². The highest BCUT2D eigenvalue weighted by atomic mass is 32.1. The van der Waals surface area contributed by atoms with Crippen LogP contribution in [-0.2, 0) is 0 Å². The Kier molecular flexibility index (Phi) is 19.0. The van der Waals surface area contributed by atoms with Gasteiger partial charge in [-0.3, -0.25) is 4.57 Å². The zero-order valence-electron chi connectivity index (χ0n) is 77.6. The van der Waals surface area contributed by atoms with Gasteiger partial charge in [0, 0.05) is 147 Å². The summed E-state index contributed by atoms with van der Waals surface area (Å²) in [7, 11) is 0. The van der Waals surface area contributed by atoms with Crippen molar-refractivity contribution in [3.63, 3.8) is 0 Å². The first kappa shape index (κ1) is 82.1. The summed E-state index contributed by atoms with van der Waals surface area (Å²) in [6, 6.07) is 168. The van der Waals surface area contributed by atoms with Crippen LogP contribution in [0.25, 0.3) is 269 Å². The maximum atomic E-state index is 6.25. The van der Waals surface area contributed by atoms with Gasteiger partial charge < -0.3 is 13.6 Å². The molecule has 1 atom stereocenters. The van der Waals surface area contributed by atoms with Gasteiger partial charge >= 0.3 is 0 Å². The quantitative estimate of drug-likeness (QED) is 0.125. The number of rotatable bonds is 10. The van der Waals surface area contributed by atoms with Crippen LogP contribution < -0.4 is 4.57 Å². The molecular weight excluding hydrogens is 1770 g/mol. The average molecular weight is 1860 g/mol. The van der Waals surface area contributed by atoms with Gasteiger partial charge in [-0.2, -0.15) is 4.57 Å². The summed E-state index contributed by atoms with van der Waals surface area (Å²) in [5.74, 6) is 2.26. The van der Waals surface area contributed by atoms with Crippen LogP contribution in [0.4, 0.5) is 0 Å². The van der Waals surface area contributed by atoms with Gasteiger partial charge in [0.05, 0.1) is 66.6 Å². The van der Waals surface area contributed by atoms with Crippen molar-refractivity contribution in [3.05, 3.63) is 497 Å². The zero-order valence-corrected chi connectivity index (χ0v) is 78.4. The van der Waals surface area contributed by atoms with Crippen molar-refractivity contribution < 1.29 is 8.98 Å². The van der Waals surface area contributed by atoms with Gasteiger partial charge in [0.2, 0.25) is 6.04 Å². The number of hydrogen-bond acceptors (Lipinski definition) is 8. The van der Waals surface area contributed by atoms with E-state index in [1.54, 1.807) is 0 Å². The van der Waals surface area contributed by atoms with Crippen molar-refractivity contribution in [2.75, 3.05) is 0 Å². The molecule has 0 aliphatic heterocycles. The number of furan rings is 1. The van der Waals surface area contributed by atoms with E-state index in [0.717, 1.165) is 134 Å². The summed E-state index contributed by atoms with van der Waals surface area (Å²) in [6.45, 7) is 0. The largest absolute Gasteiger partial charge is 0.456 e. The van der Waals surface area contributed by atoms with Gasteiger partial charge in [-0.25, -0.2) is 29.9 Å². The van der Waals surface area contributed by atoms with Crippen LogP contribution in [0, 0.1) is 0 Å². The van der Waals surface area contributed by atoms with Gasteiger partial charge in [0.25, 0.3) is 0 Å². The molecule has 9 aromatic heterocycles. The van der Waals surface area contributed by atoms with E-state index in [-0.39, 0.29) is 6.04 Å². The molecule has 11 nitrogen and oxygen atoms in total. The molecule has 0 fully saturated rings. The fraction of sp³-hybridized carbons (Fsp3) is 0.00758. The summed E-state index contributed by atoms with van der Waals surface area (Å²) < 4.78 is 18.4. The van der Waals surface area contributed by atoms with E-state index in [4.69, 9.17) is 34.3 Å². The van der Waals surface area contributed by atoms with Crippen molar-refractivity contribution >= 4 is 184 Å². The maximum absolute atomic E-state index is 6.25. The molecule has 12 heteroatoms. The Hall–Kier alpha value is -19.0. The molecule has 1 aliphatic carbocycles. The number of nitrogens with zero attached hydrogens (tertiary/aromatic N) is 10. The average Bonchev–Trinajstić information content (AvgIpc) is 1.55. The van der Waals surface area contributed by atoms with Crippen molar-refractivity contribution in [3.8, 4) is 96.0 Å². The monoisotopic (exact) mass is 1850 g/mol. The Bertz CT molecular complexity index is 10500. The molecule has 1 unspecified atom stereocenters. The summed E-state index contributed by atoms with van der Waals surface area (Å²) in [5, 5.41) is 22.0. The molecular formula is C132H81N10OS+. The molecule has 1 aliphatic rings. The zero-order chi connectivity index (χ0) is 94.6. The van der Waals surface area contributed by atoms with Crippen molar-refractivity contribution in [1.29, 1.82) is 0 Å². The molecule has 0 bridgehead atoms. The minimum atomic E-state index is 0.0821. The minimum Gasteiger partial charge on any atom is -0.456 e. The molecule has 0 saturated heterocycles. The van der Waals surface area contributed by atoms with Gasteiger partial charge in [-0.05, 0) is 171 Å². The maximum Gasteiger partial charge on any atom is 0.210 e. The fourth-order valence-electron chi connectivity index (χ4n) is 22.7. The van der Waals surface area contributed by atoms with Gasteiger partial charge in [0.15, 0.2) is 29.9 Å². The van der Waals surface area contributed by atoms with E-state index in [1.807, 2.05) is 78.1 Å². The molecule has 0 radical (unpaired) electrons. The normalized spacial score (nSPS) is 12.5. The van der Waals surface area contributed by atoms with Crippen LogP contribution in [0.5, 0.6) is 0 Å². The highest BCUT2D eigenvalue weighted by Gasteiger charge is 2.38. The van der Waals surface area contributed by atoms with Crippen LogP contribution in [0.1, 0.15) is 17.2 Å². The smallest absolute Gasteiger partial charge is 0.210 e. The van der Waals surface area contributed by atoms with Crippen molar-refractivity contribution in [2.45, 2.75) is 6.04 Å². The molecule has 0 spiro atoms. The lowest BCUT2D eigenvalue weighted by Crippen LogP contribution is -2.38. The number of benzene rings is 21. The number of hydrogen-bond donors (Lipinski definition) is 0. The second kappa shape index (κ2) is 33.4. The van der Waals surface area contributed by atoms with E-state index >= 15 is 0 Å². The Morgan fingerprint density at radius 1 is 0.229 bits per heavy atom. The molecule has 30 aromatic rings. The van der Waals surface area contributed by atoms with Gasteiger partial charge in [-0.1, -0.05) is 334 Å². The first-order valence-corrected chi connectivity index (χ1v) is 49.6. The topological polar surface area (TPSA) is 109 Å². The summed E-state index contributed by atoms with van der Waals surface area (Å²) in [4.78, 5) is 30.9. The Labute approximate surface area is 829 Å². The molecule has 0 saturated carbocycles. The predicted molar refractivity (Wildman–Crippen MR) is 596 cm³/mol. The van der Waals surface area contributed by atoms with Crippen LogP contribution in [0.3, 0.4) is 0 Å². The summed E-state index contributed by atoms with van der Waals surface area (Å²) >= 11 is 1.89. The lowest BCUT2D eigenvalue weighted by molar-refractivity contribution is -0.704. The number of aromatic nitrogens is 10. The van der Waals surface area contributed by atoms with E-state index in [1.165, 1.54) is 140 Å². The molecule has 0 amide bonds. The van der Waals surface area contributed by atoms with Crippen LogP contribution in [-0.4, -0.2) is 43.6 Å². The van der Waals surface area contributed by atoms with Crippen molar-refractivity contribution in [2.24, 2.45) is 0 Å². The second-order valence-corrected chi connectivity index (χ2v) is 38.2. The van der Waals surface area contributed by atoms with Gasteiger partial charge in [0.1, 0.15) is 16.9 Å². The van der Waals surface area contributed by atoms with Crippen LogP contribution in [0.2, 0.25) is 0 Å². The second-order valence-electron chi connectivity index (χ2n) is 37.1. The molecule has 9 heterocycles. The molecule has 144 heavy (non-hydrogen) atoms. The van der Waals surface area contributed by atoms with E-state index < -0.39 is 0 Å². The molecule has 670 valence electrons. The minimum absolute atomic E-state index is 0.0821. The van der Waals surface area contributed by atoms with E-state index in [0.29, 0.717) is 5.82 Å². The first-order chi connectivity index (χ1) is 71.4. The van der Waals surface area contributed by atoms with E-state index in [9.17, 15) is 0 Å². The lowest BCUT2D eigenvalue weighted by Gasteiger charge is -2.15. The number of para-hydroxylation sites is 8. The molecule has 21 aromatic carbocycles. The SMILES string of the molecule is c1ccc(-c2ccc(-c3nc4ccccc4nc3-n3c4ccccc4c4c5ccc6c(c5ccc43)C([n+]3ccccc3)c3ccccc3-6)cc2)cc1.c1ccc(-c2nc(-c3ccc(-n4c5ccccc5c5c6ccc7c8ccccc8sc7c6ccc54)cc3)nc3ccccc23)cc1.c1ccc(-c2nc(-c3ccc(-n4c5ccccc5c5ccc6c(ccc7oc8ccccc8c76)c54)cc3)nc3ccccc23)cc1. The highest BCUT2D eigenvalue weighted by Crippen LogP contribution is 2.52. The summed E-state index contributed by atoms with van der Waals surface area (Å²) in [5.41, 5.74) is 30.2. The van der Waals surface area contributed by atoms with E-state index in [2.05, 4.69) is 437 Å². The lowest BCUT2D eigenvalue weighted by atomic mass is 9.94. The first-order valence-electron chi connectivity index (χ1n) is 48.8. The third kappa shape index (κ3) is 13.2. The van der Waals surface area contributed by atoms with Crippen LogP contribution in [0.15, 0.2) is 490 Å². The fourth-order valence-corrected chi connectivity index (χ4v) is 24.0. The number of fused-ring (bicyclic) bond motifs is 30. The van der Waals surface area contributed by atoms with Crippen molar-refractivity contribution in [1.82, 2.24) is 43.6 Å². The third-order valence-electron chi connectivity index (χ3n) is 29.2. The Balaban J connectivity index is 0.000000103. The predicted octanol–water partition coefficient (Wildman–Crippen LogP) is 33.8. The third-order valence-corrected chi connectivity index (χ3v) is 30.4. The van der Waals surface area contributed by atoms with Crippen LogP contribution >= 0.6 is 11.3 Å². The highest BCUT2D eigenvalue weighted by molar-refractivity contribution is 7.26. The standard InChI is InChI=1S/C48H31N4.C42H25N3O.C42H25N3S/c1-3-13-31(14-4-1)32-21-23-33(24-22-32)46-48(50-41-19-9-8-18-40(41)49-46)52-42-20-10-7-17-39(42)44-36-26-25-35-34-15-5-6-16-38(34)47(51-29-11-2-12-30-51)45(35)37(36)27-28-43(44)52;1-2-10-26(11-3-1)40-33-13-4-7-15-35(33)43-42(44-40)27-18-20-28(21-19-27)45-36-16-8-5-12-29(36)31-23-22-30-32(41(31)45)24-25-38-39(30)34-14-6-9-17-37(34)46-38;1-2-10-26(11-3-1)40-33-13-4-7-15-35(33)43-42(44-40)27-18-20-28(21-19-27)45-36-16-8-5-14-34(36)39-30-22-23-31-29-12-6-9-17-38(29)46-41(31)32(30)24-25-37(39)45/h1-30,47H;2*1-25H/q+1;;. The number of thiophene rings is 1. The molecule has 31 rings (SSSR count). The Morgan fingerprint density at radius 2 is 0.653 bits per heavy atom. The molecule has 0 N–H and O–H groups in total. The summed E-state index contributed by atoms with van der Waals surface area (Å²) in [6.07, 6.45) is 4.37. The number of pyridine rings is 1.